The first kappa shape index (κ1) is 12.1. The summed E-state index contributed by atoms with van der Waals surface area (Å²) in [5.41, 5.74) is 0. The van der Waals surface area contributed by atoms with E-state index in [1.807, 2.05) is 13.1 Å². The Kier molecular flexibility index (Phi) is 3.47. The number of aliphatic hydroxyl groups is 1. The Morgan fingerprint density at radius 3 is 2.82 bits per heavy atom. The molecule has 5 nitrogen and oxygen atoms in total. The highest BCUT2D eigenvalue weighted by molar-refractivity contribution is 5.50. The van der Waals surface area contributed by atoms with Crippen molar-refractivity contribution in [1.82, 2.24) is 9.97 Å². The molecule has 0 aliphatic carbocycles. The number of nitrogens with zero attached hydrogens (tertiary/aromatic N) is 4. The van der Waals surface area contributed by atoms with Crippen LogP contribution < -0.4 is 9.80 Å². The average molecular weight is 236 g/mol. The number of rotatable bonds is 3. The summed E-state index contributed by atoms with van der Waals surface area (Å²) in [7, 11) is 2.02. The van der Waals surface area contributed by atoms with E-state index < -0.39 is 0 Å². The molecule has 0 bridgehead atoms. The van der Waals surface area contributed by atoms with E-state index in [0.717, 1.165) is 24.6 Å². The third-order valence-electron chi connectivity index (χ3n) is 3.26. The molecule has 1 fully saturated rings. The van der Waals surface area contributed by atoms with Crippen LogP contribution in [0.15, 0.2) is 12.4 Å². The van der Waals surface area contributed by atoms with Gasteiger partial charge in [-0.2, -0.15) is 0 Å². The first-order chi connectivity index (χ1) is 8.08. The summed E-state index contributed by atoms with van der Waals surface area (Å²) >= 11 is 0. The van der Waals surface area contributed by atoms with Crippen molar-refractivity contribution in [2.75, 3.05) is 29.9 Å². The van der Waals surface area contributed by atoms with Gasteiger partial charge >= 0.3 is 0 Å². The first-order valence-electron chi connectivity index (χ1n) is 6.06. The maximum Gasteiger partial charge on any atom is 0.134 e. The van der Waals surface area contributed by atoms with Gasteiger partial charge in [0.15, 0.2) is 0 Å². The molecule has 1 unspecified atom stereocenters. The Morgan fingerprint density at radius 2 is 2.24 bits per heavy atom. The molecule has 0 amide bonds. The van der Waals surface area contributed by atoms with E-state index in [2.05, 4.69) is 33.6 Å². The molecule has 0 saturated carbocycles. The lowest BCUT2D eigenvalue weighted by Crippen LogP contribution is -2.28. The minimum Gasteiger partial charge on any atom is -0.391 e. The summed E-state index contributed by atoms with van der Waals surface area (Å²) in [6.45, 7) is 5.79. The Hall–Kier alpha value is -1.36. The van der Waals surface area contributed by atoms with Gasteiger partial charge in [-0.05, 0) is 20.3 Å². The smallest absolute Gasteiger partial charge is 0.134 e. The molecule has 0 radical (unpaired) electrons. The van der Waals surface area contributed by atoms with E-state index in [0.29, 0.717) is 12.6 Å². The molecule has 2 heterocycles. The minimum absolute atomic E-state index is 0.226. The molecular formula is C12H20N4O. The zero-order valence-electron chi connectivity index (χ0n) is 10.7. The number of hydrogen-bond donors (Lipinski definition) is 1. The Labute approximate surface area is 102 Å². The van der Waals surface area contributed by atoms with Crippen LogP contribution in [0.2, 0.25) is 0 Å². The second kappa shape index (κ2) is 4.87. The molecule has 1 aliphatic rings. The second-order valence-electron chi connectivity index (χ2n) is 4.83. The van der Waals surface area contributed by atoms with Gasteiger partial charge < -0.3 is 14.9 Å². The summed E-state index contributed by atoms with van der Waals surface area (Å²) in [5, 5.41) is 9.53. The predicted octanol–water partition coefficient (Wildman–Crippen LogP) is 0.892. The van der Waals surface area contributed by atoms with Crippen molar-refractivity contribution in [3.05, 3.63) is 12.4 Å². The maximum absolute atomic E-state index is 9.53. The monoisotopic (exact) mass is 236 g/mol. The highest BCUT2D eigenvalue weighted by Gasteiger charge is 2.22. The highest BCUT2D eigenvalue weighted by atomic mass is 16.3. The predicted molar refractivity (Wildman–Crippen MR) is 68.4 cm³/mol. The van der Waals surface area contributed by atoms with Gasteiger partial charge in [-0.25, -0.2) is 9.97 Å². The maximum atomic E-state index is 9.53. The van der Waals surface area contributed by atoms with E-state index in [1.54, 1.807) is 6.33 Å². The van der Waals surface area contributed by atoms with Crippen LogP contribution >= 0.6 is 0 Å². The molecule has 17 heavy (non-hydrogen) atoms. The quantitative estimate of drug-likeness (QED) is 0.844. The van der Waals surface area contributed by atoms with Crippen molar-refractivity contribution < 1.29 is 5.11 Å². The molecule has 2 rings (SSSR count). The van der Waals surface area contributed by atoms with Gasteiger partial charge in [0.2, 0.25) is 0 Å². The van der Waals surface area contributed by atoms with E-state index >= 15 is 0 Å². The van der Waals surface area contributed by atoms with Gasteiger partial charge in [0, 0.05) is 32.2 Å². The number of aromatic nitrogens is 2. The van der Waals surface area contributed by atoms with Crippen LogP contribution in [0.5, 0.6) is 0 Å². The topological polar surface area (TPSA) is 52.5 Å². The van der Waals surface area contributed by atoms with Crippen molar-refractivity contribution in [2.24, 2.45) is 0 Å². The summed E-state index contributed by atoms with van der Waals surface area (Å²) in [6.07, 6.45) is 2.18. The van der Waals surface area contributed by atoms with Gasteiger partial charge in [-0.1, -0.05) is 0 Å². The fourth-order valence-corrected chi connectivity index (χ4v) is 1.92. The SMILES string of the molecule is CC(C)N(C)c1cc(N2CCC(O)C2)ncn1. The molecule has 1 N–H and O–H groups in total. The second-order valence-corrected chi connectivity index (χ2v) is 4.83. The van der Waals surface area contributed by atoms with Crippen LogP contribution in [0, 0.1) is 0 Å². The Bertz CT molecular complexity index is 383. The van der Waals surface area contributed by atoms with Crippen molar-refractivity contribution in [2.45, 2.75) is 32.4 Å². The number of anilines is 2. The highest BCUT2D eigenvalue weighted by Crippen LogP contribution is 2.21. The molecule has 0 spiro atoms. The molecule has 1 aromatic heterocycles. The van der Waals surface area contributed by atoms with Gasteiger partial charge in [0.25, 0.3) is 0 Å². The van der Waals surface area contributed by atoms with Gasteiger partial charge in [0.05, 0.1) is 6.10 Å². The lowest BCUT2D eigenvalue weighted by atomic mass is 10.3. The molecule has 1 aromatic rings. The van der Waals surface area contributed by atoms with E-state index in [9.17, 15) is 5.11 Å². The molecular weight excluding hydrogens is 216 g/mol. The Balaban J connectivity index is 2.17. The zero-order chi connectivity index (χ0) is 12.4. The van der Waals surface area contributed by atoms with Crippen LogP contribution in [0.4, 0.5) is 11.6 Å². The number of β-amino-alcohol motifs (C(OH)–C–C–N with tert-alkyl or cyclic N) is 1. The molecule has 1 atom stereocenters. The van der Waals surface area contributed by atoms with Crippen LogP contribution in [0.1, 0.15) is 20.3 Å². The van der Waals surface area contributed by atoms with Crippen molar-refractivity contribution in [1.29, 1.82) is 0 Å². The standard InChI is InChI=1S/C12H20N4O/c1-9(2)15(3)11-6-12(14-8-13-11)16-5-4-10(17)7-16/h6,8-10,17H,4-5,7H2,1-3H3. The zero-order valence-corrected chi connectivity index (χ0v) is 10.7. The van der Waals surface area contributed by atoms with E-state index in [4.69, 9.17) is 0 Å². The lowest BCUT2D eigenvalue weighted by molar-refractivity contribution is 0.198. The third kappa shape index (κ3) is 2.66. The number of aliphatic hydroxyl groups excluding tert-OH is 1. The number of hydrogen-bond acceptors (Lipinski definition) is 5. The summed E-state index contributed by atoms with van der Waals surface area (Å²) in [4.78, 5) is 12.8. The molecule has 5 heteroatoms. The normalized spacial score (nSPS) is 20.1. The van der Waals surface area contributed by atoms with Gasteiger partial charge in [-0.3, -0.25) is 0 Å². The largest absolute Gasteiger partial charge is 0.391 e. The van der Waals surface area contributed by atoms with Gasteiger partial charge in [0.1, 0.15) is 18.0 Å². The minimum atomic E-state index is -0.226. The summed E-state index contributed by atoms with van der Waals surface area (Å²) in [6, 6.07) is 2.39. The van der Waals surface area contributed by atoms with Crippen LogP contribution in [-0.4, -0.2) is 47.4 Å². The summed E-state index contributed by atoms with van der Waals surface area (Å²) in [5.74, 6) is 1.82. The van der Waals surface area contributed by atoms with Crippen LogP contribution in [0.3, 0.4) is 0 Å². The van der Waals surface area contributed by atoms with E-state index in [-0.39, 0.29) is 6.10 Å². The fourth-order valence-electron chi connectivity index (χ4n) is 1.92. The van der Waals surface area contributed by atoms with Crippen molar-refractivity contribution in [3.8, 4) is 0 Å². The average Bonchev–Trinajstić information content (AvgIpc) is 2.75. The van der Waals surface area contributed by atoms with E-state index in [1.165, 1.54) is 0 Å². The Morgan fingerprint density at radius 1 is 1.47 bits per heavy atom. The van der Waals surface area contributed by atoms with Crippen LogP contribution in [0.25, 0.3) is 0 Å². The van der Waals surface area contributed by atoms with Crippen molar-refractivity contribution >= 4 is 11.6 Å². The summed E-state index contributed by atoms with van der Waals surface area (Å²) < 4.78 is 0. The first-order valence-corrected chi connectivity index (χ1v) is 6.06. The molecule has 1 saturated heterocycles. The van der Waals surface area contributed by atoms with Crippen LogP contribution in [-0.2, 0) is 0 Å². The fraction of sp³-hybridized carbons (Fsp3) is 0.667. The van der Waals surface area contributed by atoms with Crippen molar-refractivity contribution in [3.63, 3.8) is 0 Å². The molecule has 94 valence electrons. The third-order valence-corrected chi connectivity index (χ3v) is 3.26. The molecule has 1 aliphatic heterocycles. The van der Waals surface area contributed by atoms with Gasteiger partial charge in [-0.15, -0.1) is 0 Å². The molecule has 0 aromatic carbocycles. The lowest BCUT2D eigenvalue weighted by Gasteiger charge is -2.24.